The van der Waals surface area contributed by atoms with Crippen LogP contribution in [0.3, 0.4) is 0 Å². The first-order valence-corrected chi connectivity index (χ1v) is 7.07. The molecule has 2 aromatic carbocycles. The Morgan fingerprint density at radius 3 is 2.57 bits per heavy atom. The van der Waals surface area contributed by atoms with Crippen molar-refractivity contribution in [3.63, 3.8) is 0 Å². The van der Waals surface area contributed by atoms with Gasteiger partial charge >= 0.3 is 0 Å². The molecule has 5 nitrogen and oxygen atoms in total. The molecule has 0 aliphatic heterocycles. The largest absolute Gasteiger partial charge is 0.504 e. The maximum absolute atomic E-state index is 9.80. The smallest absolute Gasteiger partial charge is 0.200 e. The number of hydrogen-bond acceptors (Lipinski definition) is 5. The summed E-state index contributed by atoms with van der Waals surface area (Å²) in [6, 6.07) is 8.59. The van der Waals surface area contributed by atoms with Gasteiger partial charge in [0.15, 0.2) is 11.5 Å². The Hall–Kier alpha value is -1.92. The number of benzene rings is 2. The van der Waals surface area contributed by atoms with Crippen molar-refractivity contribution in [3.05, 3.63) is 45.9 Å². The van der Waals surface area contributed by atoms with E-state index in [0.717, 1.165) is 15.7 Å². The van der Waals surface area contributed by atoms with Crippen molar-refractivity contribution >= 4 is 21.6 Å². The summed E-state index contributed by atoms with van der Waals surface area (Å²) in [5.41, 5.74) is 2.30. The lowest BCUT2D eigenvalue weighted by Gasteiger charge is -2.14. The Morgan fingerprint density at radius 1 is 1.10 bits per heavy atom. The molecule has 0 fully saturated rings. The molecular weight excluding hydrogens is 338 g/mol. The highest BCUT2D eigenvalue weighted by Crippen LogP contribution is 2.37. The Bertz CT molecular complexity index is 646. The number of phenols is 3. The lowest BCUT2D eigenvalue weighted by molar-refractivity contribution is 0.185. The number of halogens is 1. The van der Waals surface area contributed by atoms with Gasteiger partial charge in [0.05, 0.1) is 6.61 Å². The van der Waals surface area contributed by atoms with Gasteiger partial charge in [-0.05, 0) is 24.3 Å². The van der Waals surface area contributed by atoms with E-state index in [1.807, 2.05) is 18.2 Å². The minimum absolute atomic E-state index is 0.298. The second-order valence-electron chi connectivity index (χ2n) is 4.49. The fourth-order valence-corrected chi connectivity index (χ4v) is 2.44. The molecule has 0 spiro atoms. The van der Waals surface area contributed by atoms with Crippen LogP contribution < -0.4 is 5.32 Å². The number of methoxy groups -OCH3 is 1. The van der Waals surface area contributed by atoms with Crippen LogP contribution in [0.4, 0.5) is 5.69 Å². The maximum Gasteiger partial charge on any atom is 0.200 e. The lowest BCUT2D eigenvalue weighted by Crippen LogP contribution is -2.04. The first kappa shape index (κ1) is 15.5. The van der Waals surface area contributed by atoms with Gasteiger partial charge in [-0.3, -0.25) is 0 Å². The number of ether oxygens (including phenoxy) is 1. The maximum atomic E-state index is 9.80. The molecule has 21 heavy (non-hydrogen) atoms. The molecule has 6 heteroatoms. The topological polar surface area (TPSA) is 82.0 Å². The third-order valence-electron chi connectivity index (χ3n) is 3.09. The van der Waals surface area contributed by atoms with Crippen LogP contribution in [0.1, 0.15) is 11.1 Å². The predicted molar refractivity (Wildman–Crippen MR) is 83.6 cm³/mol. The summed E-state index contributed by atoms with van der Waals surface area (Å²) >= 11 is 3.47. The van der Waals surface area contributed by atoms with E-state index in [9.17, 15) is 15.3 Å². The number of aromatic hydroxyl groups is 3. The average Bonchev–Trinajstić information content (AvgIpc) is 2.47. The third kappa shape index (κ3) is 3.40. The summed E-state index contributed by atoms with van der Waals surface area (Å²) in [5.74, 6) is -1.19. The molecule has 0 aromatic heterocycles. The minimum Gasteiger partial charge on any atom is -0.504 e. The van der Waals surface area contributed by atoms with Crippen LogP contribution in [0.2, 0.25) is 0 Å². The number of phenolic OH excluding ortho intramolecular Hbond substituents is 3. The molecule has 0 radical (unpaired) electrons. The SMILES string of the molecule is COCc1c(Br)cccc1NCc1ccc(O)c(O)c1O. The second kappa shape index (κ2) is 6.69. The van der Waals surface area contributed by atoms with Crippen LogP contribution in [-0.2, 0) is 17.9 Å². The molecule has 4 N–H and O–H groups in total. The quantitative estimate of drug-likeness (QED) is 0.620. The van der Waals surface area contributed by atoms with E-state index in [2.05, 4.69) is 21.2 Å². The first-order chi connectivity index (χ1) is 10.0. The van der Waals surface area contributed by atoms with Gasteiger partial charge in [-0.25, -0.2) is 0 Å². The zero-order valence-electron chi connectivity index (χ0n) is 11.4. The van der Waals surface area contributed by atoms with Gasteiger partial charge in [-0.1, -0.05) is 22.0 Å². The van der Waals surface area contributed by atoms with E-state index in [-0.39, 0.29) is 11.5 Å². The standard InChI is InChI=1S/C15H16BrNO4/c1-21-8-10-11(16)3-2-4-12(10)17-7-9-5-6-13(18)15(20)14(9)19/h2-6,17-20H,7-8H2,1H3. The third-order valence-corrected chi connectivity index (χ3v) is 3.83. The Morgan fingerprint density at radius 2 is 1.86 bits per heavy atom. The highest BCUT2D eigenvalue weighted by Gasteiger charge is 2.12. The number of anilines is 1. The molecule has 0 aliphatic carbocycles. The van der Waals surface area contributed by atoms with Crippen molar-refractivity contribution in [2.24, 2.45) is 0 Å². The minimum atomic E-state index is -0.513. The number of hydrogen-bond donors (Lipinski definition) is 4. The molecule has 0 aliphatic rings. The first-order valence-electron chi connectivity index (χ1n) is 6.27. The van der Waals surface area contributed by atoms with E-state index in [4.69, 9.17) is 4.74 Å². The van der Waals surface area contributed by atoms with Gasteiger partial charge in [0.25, 0.3) is 0 Å². The van der Waals surface area contributed by atoms with E-state index in [0.29, 0.717) is 18.7 Å². The molecule has 2 rings (SSSR count). The van der Waals surface area contributed by atoms with Crippen LogP contribution in [0.5, 0.6) is 17.2 Å². The fourth-order valence-electron chi connectivity index (χ4n) is 1.96. The molecule has 112 valence electrons. The average molecular weight is 354 g/mol. The van der Waals surface area contributed by atoms with Crippen LogP contribution >= 0.6 is 15.9 Å². The molecule has 0 amide bonds. The zero-order chi connectivity index (χ0) is 15.4. The van der Waals surface area contributed by atoms with Crippen molar-refractivity contribution in [1.29, 1.82) is 0 Å². The number of nitrogens with one attached hydrogen (secondary N) is 1. The van der Waals surface area contributed by atoms with Crippen LogP contribution in [0.25, 0.3) is 0 Å². The van der Waals surface area contributed by atoms with Crippen LogP contribution in [-0.4, -0.2) is 22.4 Å². The summed E-state index contributed by atoms with van der Waals surface area (Å²) in [4.78, 5) is 0. The predicted octanol–water partition coefficient (Wildman–Crippen LogP) is 3.32. The summed E-state index contributed by atoms with van der Waals surface area (Å²) in [6.07, 6.45) is 0. The van der Waals surface area contributed by atoms with Crippen molar-refractivity contribution in [3.8, 4) is 17.2 Å². The van der Waals surface area contributed by atoms with E-state index >= 15 is 0 Å². The monoisotopic (exact) mass is 353 g/mol. The molecule has 0 unspecified atom stereocenters. The summed E-state index contributed by atoms with van der Waals surface area (Å²) in [5, 5.41) is 31.8. The fraction of sp³-hybridized carbons (Fsp3) is 0.200. The summed E-state index contributed by atoms with van der Waals surface area (Å²) < 4.78 is 6.09. The molecule has 2 aromatic rings. The van der Waals surface area contributed by atoms with Gasteiger partial charge in [-0.2, -0.15) is 0 Å². The Kier molecular flexibility index (Phi) is 4.93. The van der Waals surface area contributed by atoms with E-state index < -0.39 is 5.75 Å². The van der Waals surface area contributed by atoms with Crippen molar-refractivity contribution in [1.82, 2.24) is 0 Å². The summed E-state index contributed by atoms with van der Waals surface area (Å²) in [7, 11) is 1.62. The van der Waals surface area contributed by atoms with Gasteiger partial charge in [0, 0.05) is 34.9 Å². The summed E-state index contributed by atoms with van der Waals surface area (Å²) in [6.45, 7) is 0.739. The van der Waals surface area contributed by atoms with Gasteiger partial charge in [-0.15, -0.1) is 0 Å². The molecule has 0 saturated heterocycles. The van der Waals surface area contributed by atoms with Crippen molar-refractivity contribution in [2.45, 2.75) is 13.2 Å². The van der Waals surface area contributed by atoms with Gasteiger partial charge in [0.1, 0.15) is 0 Å². The molecule has 0 bridgehead atoms. The van der Waals surface area contributed by atoms with E-state index in [1.54, 1.807) is 13.2 Å². The van der Waals surface area contributed by atoms with Gasteiger partial charge < -0.3 is 25.4 Å². The Balaban J connectivity index is 2.21. The molecule has 0 atom stereocenters. The van der Waals surface area contributed by atoms with Crippen LogP contribution in [0, 0.1) is 0 Å². The molecule has 0 saturated carbocycles. The zero-order valence-corrected chi connectivity index (χ0v) is 13.0. The van der Waals surface area contributed by atoms with E-state index in [1.165, 1.54) is 6.07 Å². The second-order valence-corrected chi connectivity index (χ2v) is 5.35. The lowest BCUT2D eigenvalue weighted by atomic mass is 10.1. The normalized spacial score (nSPS) is 10.6. The highest BCUT2D eigenvalue weighted by atomic mass is 79.9. The van der Waals surface area contributed by atoms with Gasteiger partial charge in [0.2, 0.25) is 5.75 Å². The van der Waals surface area contributed by atoms with Crippen LogP contribution in [0.15, 0.2) is 34.8 Å². The number of rotatable bonds is 5. The Labute approximate surface area is 130 Å². The van der Waals surface area contributed by atoms with Crippen molar-refractivity contribution < 1.29 is 20.1 Å². The van der Waals surface area contributed by atoms with Crippen molar-refractivity contribution in [2.75, 3.05) is 12.4 Å². The molecular formula is C15H16BrNO4. The highest BCUT2D eigenvalue weighted by molar-refractivity contribution is 9.10. The molecule has 0 heterocycles.